The van der Waals surface area contributed by atoms with Crippen LogP contribution in [0.25, 0.3) is 0 Å². The lowest BCUT2D eigenvalue weighted by atomic mass is 10.1. The highest BCUT2D eigenvalue weighted by Gasteiger charge is 2.16. The molecule has 80 valence electrons. The fraction of sp³-hybridized carbons (Fsp3) is 0.222. The predicted octanol–water partition coefficient (Wildman–Crippen LogP) is 3.66. The summed E-state index contributed by atoms with van der Waals surface area (Å²) in [6.07, 6.45) is -0.137. The van der Waals surface area contributed by atoms with E-state index >= 15 is 0 Å². The average Bonchev–Trinajstić information content (AvgIpc) is 2.17. The van der Waals surface area contributed by atoms with Gasteiger partial charge in [-0.3, -0.25) is 0 Å². The molecule has 0 spiro atoms. The van der Waals surface area contributed by atoms with Crippen LogP contribution in [0.15, 0.2) is 12.1 Å². The van der Waals surface area contributed by atoms with Gasteiger partial charge in [0.25, 0.3) is 0 Å². The van der Waals surface area contributed by atoms with Crippen LogP contribution in [0.1, 0.15) is 5.56 Å². The number of alkyl halides is 2. The van der Waals surface area contributed by atoms with Gasteiger partial charge in [0.1, 0.15) is 5.75 Å². The standard InChI is InChI=1S/C9H5Cl2F2NO/c10-6-1-2-7(11)8(15-9(12)13)5(6)3-4-14/h1-2,9H,3H2. The minimum atomic E-state index is -3.00. The van der Waals surface area contributed by atoms with Crippen LogP contribution in [0, 0.1) is 11.3 Å². The minimum Gasteiger partial charge on any atom is -0.433 e. The molecule has 1 aromatic rings. The third-order valence-corrected chi connectivity index (χ3v) is 2.27. The van der Waals surface area contributed by atoms with Gasteiger partial charge in [0.2, 0.25) is 0 Å². The molecular formula is C9H5Cl2F2NO. The van der Waals surface area contributed by atoms with Crippen molar-refractivity contribution in [1.82, 2.24) is 0 Å². The summed E-state index contributed by atoms with van der Waals surface area (Å²) in [5.74, 6) is -0.235. The van der Waals surface area contributed by atoms with E-state index in [1.807, 2.05) is 0 Å². The van der Waals surface area contributed by atoms with Crippen molar-refractivity contribution in [1.29, 1.82) is 5.26 Å². The zero-order valence-corrected chi connectivity index (χ0v) is 8.82. The molecule has 0 amide bonds. The monoisotopic (exact) mass is 251 g/mol. The topological polar surface area (TPSA) is 33.0 Å². The lowest BCUT2D eigenvalue weighted by molar-refractivity contribution is -0.0502. The second-order valence-electron chi connectivity index (χ2n) is 2.55. The van der Waals surface area contributed by atoms with Gasteiger partial charge in [-0.2, -0.15) is 14.0 Å². The van der Waals surface area contributed by atoms with E-state index in [-0.39, 0.29) is 27.8 Å². The Balaban J connectivity index is 3.20. The van der Waals surface area contributed by atoms with Crippen molar-refractivity contribution < 1.29 is 13.5 Å². The average molecular weight is 252 g/mol. The van der Waals surface area contributed by atoms with Crippen LogP contribution >= 0.6 is 23.2 Å². The summed E-state index contributed by atoms with van der Waals surface area (Å²) >= 11 is 11.4. The molecule has 1 rings (SSSR count). The largest absolute Gasteiger partial charge is 0.433 e. The van der Waals surface area contributed by atoms with E-state index in [4.69, 9.17) is 28.5 Å². The van der Waals surface area contributed by atoms with Crippen molar-refractivity contribution in [2.24, 2.45) is 0 Å². The van der Waals surface area contributed by atoms with Crippen LogP contribution < -0.4 is 4.74 Å². The summed E-state index contributed by atoms with van der Waals surface area (Å²) in [7, 11) is 0. The van der Waals surface area contributed by atoms with Crippen LogP contribution in [-0.2, 0) is 6.42 Å². The Kier molecular flexibility index (Phi) is 4.13. The molecule has 2 nitrogen and oxygen atoms in total. The first-order valence-electron chi connectivity index (χ1n) is 3.85. The number of halogens is 4. The number of hydrogen-bond donors (Lipinski definition) is 0. The van der Waals surface area contributed by atoms with Crippen LogP contribution in [0.5, 0.6) is 5.75 Å². The Bertz CT molecular complexity index is 404. The smallest absolute Gasteiger partial charge is 0.387 e. The maximum Gasteiger partial charge on any atom is 0.387 e. The molecule has 6 heteroatoms. The SMILES string of the molecule is N#CCc1c(Cl)ccc(Cl)c1OC(F)F. The Labute approximate surface area is 95.0 Å². The zero-order valence-electron chi connectivity index (χ0n) is 7.31. The summed E-state index contributed by atoms with van der Waals surface area (Å²) in [5.41, 5.74) is 0.173. The molecule has 0 N–H and O–H groups in total. The number of ether oxygens (including phenoxy) is 1. The fourth-order valence-corrected chi connectivity index (χ4v) is 1.47. The predicted molar refractivity (Wildman–Crippen MR) is 52.4 cm³/mol. The van der Waals surface area contributed by atoms with Gasteiger partial charge < -0.3 is 4.74 Å². The summed E-state index contributed by atoms with van der Waals surface area (Å²) in [6, 6.07) is 4.56. The Hall–Kier alpha value is -1.05. The molecule has 0 radical (unpaired) electrons. The van der Waals surface area contributed by atoms with Crippen molar-refractivity contribution >= 4 is 23.2 Å². The molecule has 15 heavy (non-hydrogen) atoms. The van der Waals surface area contributed by atoms with Crippen LogP contribution in [-0.4, -0.2) is 6.61 Å². The molecule has 0 fully saturated rings. The van der Waals surface area contributed by atoms with Gasteiger partial charge in [-0.25, -0.2) is 0 Å². The van der Waals surface area contributed by atoms with Crippen LogP contribution in [0.3, 0.4) is 0 Å². The second-order valence-corrected chi connectivity index (χ2v) is 3.36. The van der Waals surface area contributed by atoms with Crippen molar-refractivity contribution in [3.63, 3.8) is 0 Å². The third-order valence-electron chi connectivity index (χ3n) is 1.62. The van der Waals surface area contributed by atoms with E-state index in [1.165, 1.54) is 12.1 Å². The van der Waals surface area contributed by atoms with Gasteiger partial charge in [0.05, 0.1) is 17.5 Å². The highest BCUT2D eigenvalue weighted by Crippen LogP contribution is 2.35. The quantitative estimate of drug-likeness (QED) is 0.822. The van der Waals surface area contributed by atoms with Gasteiger partial charge >= 0.3 is 6.61 Å². The van der Waals surface area contributed by atoms with E-state index in [0.717, 1.165) is 0 Å². The molecule has 0 aliphatic rings. The normalized spacial score (nSPS) is 10.1. The first-order valence-corrected chi connectivity index (χ1v) is 4.60. The van der Waals surface area contributed by atoms with Crippen molar-refractivity contribution in [3.05, 3.63) is 27.7 Å². The maximum absolute atomic E-state index is 12.0. The molecule has 0 aliphatic heterocycles. The van der Waals surface area contributed by atoms with Gasteiger partial charge in [0, 0.05) is 10.6 Å². The molecule has 0 aliphatic carbocycles. The molecule has 0 saturated heterocycles. The molecule has 0 aromatic heterocycles. The molecule has 0 saturated carbocycles. The summed E-state index contributed by atoms with van der Waals surface area (Å²) in [4.78, 5) is 0. The van der Waals surface area contributed by atoms with Gasteiger partial charge in [-0.15, -0.1) is 0 Å². The number of benzene rings is 1. The van der Waals surface area contributed by atoms with Crippen LogP contribution in [0.4, 0.5) is 8.78 Å². The van der Waals surface area contributed by atoms with E-state index in [0.29, 0.717) is 0 Å². The lowest BCUT2D eigenvalue weighted by Gasteiger charge is -2.11. The molecular weight excluding hydrogens is 247 g/mol. The van der Waals surface area contributed by atoms with E-state index in [9.17, 15) is 8.78 Å². The van der Waals surface area contributed by atoms with E-state index < -0.39 is 6.61 Å². The first-order chi connectivity index (χ1) is 7.06. The van der Waals surface area contributed by atoms with Gasteiger partial charge in [-0.05, 0) is 12.1 Å². The zero-order chi connectivity index (χ0) is 11.4. The first kappa shape index (κ1) is 12.0. The maximum atomic E-state index is 12.0. The number of nitrogens with zero attached hydrogens (tertiary/aromatic N) is 1. The molecule has 0 unspecified atom stereocenters. The lowest BCUT2D eigenvalue weighted by Crippen LogP contribution is -2.05. The van der Waals surface area contributed by atoms with Gasteiger partial charge in [-0.1, -0.05) is 23.2 Å². The highest BCUT2D eigenvalue weighted by atomic mass is 35.5. The molecule has 0 atom stereocenters. The minimum absolute atomic E-state index is 0.00458. The Morgan fingerprint density at radius 2 is 1.93 bits per heavy atom. The molecule has 0 bridgehead atoms. The summed E-state index contributed by atoms with van der Waals surface area (Å²) < 4.78 is 28.3. The van der Waals surface area contributed by atoms with Crippen molar-refractivity contribution in [3.8, 4) is 11.8 Å². The Morgan fingerprint density at radius 1 is 1.33 bits per heavy atom. The third kappa shape index (κ3) is 2.95. The fourth-order valence-electron chi connectivity index (χ4n) is 1.04. The van der Waals surface area contributed by atoms with Gasteiger partial charge in [0.15, 0.2) is 0 Å². The Morgan fingerprint density at radius 3 is 2.47 bits per heavy atom. The number of nitriles is 1. The molecule has 1 aromatic carbocycles. The number of rotatable bonds is 3. The van der Waals surface area contributed by atoms with Crippen molar-refractivity contribution in [2.75, 3.05) is 0 Å². The van der Waals surface area contributed by atoms with Crippen LogP contribution in [0.2, 0.25) is 10.0 Å². The van der Waals surface area contributed by atoms with E-state index in [2.05, 4.69) is 4.74 Å². The second kappa shape index (κ2) is 5.15. The summed E-state index contributed by atoms with van der Waals surface area (Å²) in [5, 5.41) is 8.68. The van der Waals surface area contributed by atoms with E-state index in [1.54, 1.807) is 6.07 Å². The number of hydrogen-bond acceptors (Lipinski definition) is 2. The summed E-state index contributed by atoms with van der Waals surface area (Å²) in [6.45, 7) is -3.00. The highest BCUT2D eigenvalue weighted by molar-refractivity contribution is 6.34. The van der Waals surface area contributed by atoms with Crippen molar-refractivity contribution in [2.45, 2.75) is 13.0 Å². The molecule has 0 heterocycles.